The van der Waals surface area contributed by atoms with Crippen molar-refractivity contribution in [1.82, 2.24) is 5.32 Å². The molecule has 0 aromatic heterocycles. The summed E-state index contributed by atoms with van der Waals surface area (Å²) in [5, 5.41) is 2.76. The zero-order chi connectivity index (χ0) is 14.4. The quantitative estimate of drug-likeness (QED) is 0.625. The summed E-state index contributed by atoms with van der Waals surface area (Å²) in [6.07, 6.45) is 0. The van der Waals surface area contributed by atoms with Crippen molar-refractivity contribution in [2.24, 2.45) is 5.92 Å². The molecule has 0 saturated heterocycles. The van der Waals surface area contributed by atoms with Crippen LogP contribution in [0.1, 0.15) is 31.1 Å². The van der Waals surface area contributed by atoms with Crippen molar-refractivity contribution in [2.75, 3.05) is 12.3 Å². The van der Waals surface area contributed by atoms with E-state index in [2.05, 4.69) is 5.32 Å². The molecule has 19 heavy (non-hydrogen) atoms. The average molecular weight is 264 g/mol. The second kappa shape index (κ2) is 6.78. The van der Waals surface area contributed by atoms with Gasteiger partial charge in [-0.05, 0) is 31.0 Å². The fraction of sp³-hybridized carbons (Fsp3) is 0.429. The van der Waals surface area contributed by atoms with Crippen molar-refractivity contribution in [3.63, 3.8) is 0 Å². The molecule has 0 aliphatic carbocycles. The number of ether oxygens (including phenoxy) is 1. The number of nitrogens with one attached hydrogen (secondary N) is 1. The molecule has 1 aromatic carbocycles. The topological polar surface area (TPSA) is 81.4 Å². The van der Waals surface area contributed by atoms with Gasteiger partial charge in [0, 0.05) is 11.7 Å². The summed E-state index contributed by atoms with van der Waals surface area (Å²) in [5.41, 5.74) is 6.38. The van der Waals surface area contributed by atoms with Gasteiger partial charge in [-0.3, -0.25) is 4.79 Å². The van der Waals surface area contributed by atoms with E-state index in [1.165, 1.54) is 6.07 Å². The van der Waals surface area contributed by atoms with Gasteiger partial charge < -0.3 is 15.8 Å². The van der Waals surface area contributed by atoms with Crippen molar-refractivity contribution in [3.05, 3.63) is 29.8 Å². The van der Waals surface area contributed by atoms with Crippen molar-refractivity contribution in [2.45, 2.75) is 26.8 Å². The molecule has 0 radical (unpaired) electrons. The van der Waals surface area contributed by atoms with E-state index in [1.54, 1.807) is 18.2 Å². The maximum Gasteiger partial charge on any atom is 0.338 e. The van der Waals surface area contributed by atoms with E-state index in [9.17, 15) is 9.59 Å². The van der Waals surface area contributed by atoms with E-state index in [4.69, 9.17) is 10.5 Å². The molecule has 104 valence electrons. The number of rotatable bonds is 5. The zero-order valence-electron chi connectivity index (χ0n) is 11.5. The molecule has 1 unspecified atom stereocenters. The summed E-state index contributed by atoms with van der Waals surface area (Å²) < 4.78 is 4.92. The average Bonchev–Trinajstić information content (AvgIpc) is 2.35. The van der Waals surface area contributed by atoms with E-state index in [1.807, 2.05) is 20.8 Å². The Balaban J connectivity index is 2.44. The molecule has 3 N–H and O–H groups in total. The molecule has 0 heterocycles. The molecule has 1 rings (SSSR count). The highest BCUT2D eigenvalue weighted by Crippen LogP contribution is 2.07. The maximum atomic E-state index is 11.7. The van der Waals surface area contributed by atoms with Gasteiger partial charge in [-0.2, -0.15) is 0 Å². The van der Waals surface area contributed by atoms with Crippen LogP contribution in [0.2, 0.25) is 0 Å². The summed E-state index contributed by atoms with van der Waals surface area (Å²) >= 11 is 0. The Kier molecular flexibility index (Phi) is 5.36. The Bertz CT molecular complexity index is 458. The van der Waals surface area contributed by atoms with E-state index in [0.717, 1.165) is 0 Å². The Morgan fingerprint density at radius 3 is 2.58 bits per heavy atom. The number of hydrogen-bond acceptors (Lipinski definition) is 4. The molecular weight excluding hydrogens is 244 g/mol. The molecule has 5 nitrogen and oxygen atoms in total. The first-order chi connectivity index (χ1) is 8.90. The number of amides is 1. The fourth-order valence-corrected chi connectivity index (χ4v) is 1.34. The summed E-state index contributed by atoms with van der Waals surface area (Å²) in [6, 6.07) is 6.48. The first-order valence-corrected chi connectivity index (χ1v) is 6.22. The van der Waals surface area contributed by atoms with Gasteiger partial charge in [0.15, 0.2) is 6.61 Å². The Morgan fingerprint density at radius 1 is 1.32 bits per heavy atom. The standard InChI is InChI=1S/C14H20N2O3/c1-9(2)10(3)16-13(17)8-19-14(18)11-5-4-6-12(15)7-11/h4-7,9-10H,8,15H2,1-3H3,(H,16,17). The van der Waals surface area contributed by atoms with Crippen molar-refractivity contribution in [1.29, 1.82) is 0 Å². The number of carbonyl (C=O) groups is 2. The second-order valence-corrected chi connectivity index (χ2v) is 4.80. The van der Waals surface area contributed by atoms with Gasteiger partial charge >= 0.3 is 5.97 Å². The first kappa shape index (κ1) is 15.0. The van der Waals surface area contributed by atoms with Gasteiger partial charge in [-0.1, -0.05) is 19.9 Å². The number of anilines is 1. The smallest absolute Gasteiger partial charge is 0.338 e. The highest BCUT2D eigenvalue weighted by molar-refractivity contribution is 5.92. The molecule has 0 aliphatic rings. The number of nitrogens with two attached hydrogens (primary N) is 1. The van der Waals surface area contributed by atoms with Gasteiger partial charge in [0.1, 0.15) is 0 Å². The third-order valence-corrected chi connectivity index (χ3v) is 2.85. The molecule has 0 bridgehead atoms. The molecule has 5 heteroatoms. The largest absolute Gasteiger partial charge is 0.452 e. The number of carbonyl (C=O) groups excluding carboxylic acids is 2. The van der Waals surface area contributed by atoms with Gasteiger partial charge in [0.25, 0.3) is 5.91 Å². The third-order valence-electron chi connectivity index (χ3n) is 2.85. The lowest BCUT2D eigenvalue weighted by Gasteiger charge is -2.17. The van der Waals surface area contributed by atoms with Crippen LogP contribution in [-0.4, -0.2) is 24.5 Å². The lowest BCUT2D eigenvalue weighted by Crippen LogP contribution is -2.38. The summed E-state index contributed by atoms with van der Waals surface area (Å²) in [7, 11) is 0. The number of esters is 1. The van der Waals surface area contributed by atoms with Crippen molar-refractivity contribution >= 4 is 17.6 Å². The van der Waals surface area contributed by atoms with Crippen LogP contribution >= 0.6 is 0 Å². The van der Waals surface area contributed by atoms with E-state index < -0.39 is 5.97 Å². The minimum atomic E-state index is -0.556. The summed E-state index contributed by atoms with van der Waals surface area (Å²) in [5.74, 6) is -0.535. The van der Waals surface area contributed by atoms with Crippen LogP contribution in [0.4, 0.5) is 5.69 Å². The van der Waals surface area contributed by atoms with Crippen molar-refractivity contribution in [3.8, 4) is 0 Å². The molecule has 0 spiro atoms. The zero-order valence-corrected chi connectivity index (χ0v) is 11.5. The van der Waals surface area contributed by atoms with E-state index in [-0.39, 0.29) is 18.6 Å². The third kappa shape index (κ3) is 4.99. The van der Waals surface area contributed by atoms with Crippen LogP contribution in [0.25, 0.3) is 0 Å². The predicted molar refractivity (Wildman–Crippen MR) is 73.6 cm³/mol. The number of hydrogen-bond donors (Lipinski definition) is 2. The molecule has 0 aliphatic heterocycles. The Morgan fingerprint density at radius 2 is 2.00 bits per heavy atom. The monoisotopic (exact) mass is 264 g/mol. The minimum Gasteiger partial charge on any atom is -0.452 e. The maximum absolute atomic E-state index is 11.7. The fourth-order valence-electron chi connectivity index (χ4n) is 1.34. The molecule has 0 fully saturated rings. The van der Waals surface area contributed by atoms with Crippen molar-refractivity contribution < 1.29 is 14.3 Å². The molecule has 0 saturated carbocycles. The van der Waals surface area contributed by atoms with Gasteiger partial charge in [-0.25, -0.2) is 4.79 Å². The number of nitrogen functional groups attached to an aromatic ring is 1. The first-order valence-electron chi connectivity index (χ1n) is 6.22. The van der Waals surface area contributed by atoms with Gasteiger partial charge in [0.05, 0.1) is 5.56 Å². The lowest BCUT2D eigenvalue weighted by atomic mass is 10.1. The Hall–Kier alpha value is -2.04. The molecule has 1 aromatic rings. The minimum absolute atomic E-state index is 0.0403. The SMILES string of the molecule is CC(C)C(C)NC(=O)COC(=O)c1cccc(N)c1. The number of benzene rings is 1. The van der Waals surface area contributed by atoms with Crippen LogP contribution in [0.3, 0.4) is 0 Å². The normalized spacial score (nSPS) is 12.0. The highest BCUT2D eigenvalue weighted by Gasteiger charge is 2.13. The van der Waals surface area contributed by atoms with Crippen LogP contribution in [0.5, 0.6) is 0 Å². The summed E-state index contributed by atoms with van der Waals surface area (Å²) in [4.78, 5) is 23.2. The van der Waals surface area contributed by atoms with Gasteiger partial charge in [-0.15, -0.1) is 0 Å². The molecule has 1 atom stereocenters. The van der Waals surface area contributed by atoms with Crippen LogP contribution in [0.15, 0.2) is 24.3 Å². The molecular formula is C14H20N2O3. The van der Waals surface area contributed by atoms with Crippen LogP contribution in [-0.2, 0) is 9.53 Å². The summed E-state index contributed by atoms with van der Waals surface area (Å²) in [6.45, 7) is 5.63. The lowest BCUT2D eigenvalue weighted by molar-refractivity contribution is -0.125. The predicted octanol–water partition coefficient (Wildman–Crippen LogP) is 1.59. The van der Waals surface area contributed by atoms with Crippen LogP contribution in [0, 0.1) is 5.92 Å². The second-order valence-electron chi connectivity index (χ2n) is 4.80. The van der Waals surface area contributed by atoms with E-state index in [0.29, 0.717) is 17.2 Å². The van der Waals surface area contributed by atoms with Crippen LogP contribution < -0.4 is 11.1 Å². The Labute approximate surface area is 113 Å². The van der Waals surface area contributed by atoms with Gasteiger partial charge in [0.2, 0.25) is 0 Å². The highest BCUT2D eigenvalue weighted by atomic mass is 16.5. The van der Waals surface area contributed by atoms with E-state index >= 15 is 0 Å². The molecule has 1 amide bonds.